The molecule has 24 heavy (non-hydrogen) atoms. The molecule has 0 bridgehead atoms. The standard InChI is InChI=1S/C20H26N2O2/c1-3-16-5-8-18(9-6-16)23-12-4-11-22-14-15(2)24-20-10-7-17(21)13-19(20)22/h5-10,13,15H,3-4,11-12,14,21H2,1-2H3. The fraction of sp³-hybridized carbons (Fsp3) is 0.400. The van der Waals surface area contributed by atoms with E-state index in [9.17, 15) is 0 Å². The van der Waals surface area contributed by atoms with E-state index in [-0.39, 0.29) is 6.10 Å². The fourth-order valence-corrected chi connectivity index (χ4v) is 3.02. The lowest BCUT2D eigenvalue weighted by Gasteiger charge is -2.35. The van der Waals surface area contributed by atoms with E-state index in [1.165, 1.54) is 5.56 Å². The Hall–Kier alpha value is -2.36. The van der Waals surface area contributed by atoms with Gasteiger partial charge < -0.3 is 20.1 Å². The van der Waals surface area contributed by atoms with E-state index in [2.05, 4.69) is 30.9 Å². The van der Waals surface area contributed by atoms with E-state index in [0.29, 0.717) is 6.61 Å². The molecule has 0 radical (unpaired) electrons. The van der Waals surface area contributed by atoms with Gasteiger partial charge in [0, 0.05) is 12.2 Å². The van der Waals surface area contributed by atoms with Crippen LogP contribution in [0.1, 0.15) is 25.8 Å². The first kappa shape index (κ1) is 16.5. The highest BCUT2D eigenvalue weighted by atomic mass is 16.5. The van der Waals surface area contributed by atoms with Gasteiger partial charge in [-0.05, 0) is 55.7 Å². The topological polar surface area (TPSA) is 47.7 Å². The van der Waals surface area contributed by atoms with Crippen molar-refractivity contribution in [3.63, 3.8) is 0 Å². The molecular formula is C20H26N2O2. The van der Waals surface area contributed by atoms with E-state index < -0.39 is 0 Å². The molecule has 4 heteroatoms. The van der Waals surface area contributed by atoms with Gasteiger partial charge in [-0.2, -0.15) is 0 Å². The zero-order valence-electron chi connectivity index (χ0n) is 14.5. The summed E-state index contributed by atoms with van der Waals surface area (Å²) in [6.07, 6.45) is 2.19. The molecule has 2 aromatic carbocycles. The molecule has 1 aliphatic heterocycles. The van der Waals surface area contributed by atoms with Crippen LogP contribution in [-0.2, 0) is 6.42 Å². The van der Waals surface area contributed by atoms with Crippen molar-refractivity contribution in [2.45, 2.75) is 32.8 Å². The Morgan fingerprint density at radius 2 is 2.00 bits per heavy atom. The van der Waals surface area contributed by atoms with Crippen molar-refractivity contribution in [2.24, 2.45) is 0 Å². The normalized spacial score (nSPS) is 16.4. The summed E-state index contributed by atoms with van der Waals surface area (Å²) in [7, 11) is 0. The minimum atomic E-state index is 0.184. The summed E-state index contributed by atoms with van der Waals surface area (Å²) < 4.78 is 11.7. The molecule has 0 fully saturated rings. The molecule has 1 aliphatic rings. The number of hydrogen-bond donors (Lipinski definition) is 1. The van der Waals surface area contributed by atoms with Gasteiger partial charge in [0.05, 0.1) is 18.8 Å². The molecule has 1 unspecified atom stereocenters. The zero-order valence-corrected chi connectivity index (χ0v) is 14.5. The van der Waals surface area contributed by atoms with Crippen molar-refractivity contribution in [3.05, 3.63) is 48.0 Å². The van der Waals surface area contributed by atoms with Gasteiger partial charge >= 0.3 is 0 Å². The summed E-state index contributed by atoms with van der Waals surface area (Å²) in [4.78, 5) is 2.34. The van der Waals surface area contributed by atoms with Crippen molar-refractivity contribution < 1.29 is 9.47 Å². The average molecular weight is 326 g/mol. The van der Waals surface area contributed by atoms with E-state index in [0.717, 1.165) is 48.8 Å². The van der Waals surface area contributed by atoms with Crippen LogP contribution in [0.4, 0.5) is 11.4 Å². The molecule has 0 saturated carbocycles. The van der Waals surface area contributed by atoms with Gasteiger partial charge in [0.1, 0.15) is 17.6 Å². The van der Waals surface area contributed by atoms with Crippen LogP contribution in [-0.4, -0.2) is 25.8 Å². The van der Waals surface area contributed by atoms with Crippen LogP contribution in [0.5, 0.6) is 11.5 Å². The van der Waals surface area contributed by atoms with Crippen LogP contribution in [0.3, 0.4) is 0 Å². The van der Waals surface area contributed by atoms with Crippen molar-refractivity contribution in [3.8, 4) is 11.5 Å². The molecule has 0 aromatic heterocycles. The molecular weight excluding hydrogens is 300 g/mol. The SMILES string of the molecule is CCc1ccc(OCCCN2CC(C)Oc3ccc(N)cc32)cc1. The second kappa shape index (κ2) is 7.47. The highest BCUT2D eigenvalue weighted by Crippen LogP contribution is 2.35. The maximum Gasteiger partial charge on any atom is 0.143 e. The third-order valence-electron chi connectivity index (χ3n) is 4.30. The Labute approximate surface area is 144 Å². The predicted molar refractivity (Wildman–Crippen MR) is 99.1 cm³/mol. The van der Waals surface area contributed by atoms with Crippen LogP contribution in [0.15, 0.2) is 42.5 Å². The van der Waals surface area contributed by atoms with E-state index in [1.807, 2.05) is 30.3 Å². The van der Waals surface area contributed by atoms with Crippen LogP contribution in [0.2, 0.25) is 0 Å². The van der Waals surface area contributed by atoms with Gasteiger partial charge in [0.25, 0.3) is 0 Å². The summed E-state index contributed by atoms with van der Waals surface area (Å²) in [5.74, 6) is 1.85. The summed E-state index contributed by atoms with van der Waals surface area (Å²) >= 11 is 0. The number of nitrogens with zero attached hydrogens (tertiary/aromatic N) is 1. The number of nitrogen functional groups attached to an aromatic ring is 1. The minimum Gasteiger partial charge on any atom is -0.494 e. The van der Waals surface area contributed by atoms with E-state index in [4.69, 9.17) is 15.2 Å². The third-order valence-corrected chi connectivity index (χ3v) is 4.30. The maximum atomic E-state index is 5.93. The van der Waals surface area contributed by atoms with Crippen LogP contribution in [0.25, 0.3) is 0 Å². The largest absolute Gasteiger partial charge is 0.494 e. The van der Waals surface area contributed by atoms with Crippen LogP contribution < -0.4 is 20.1 Å². The summed E-state index contributed by atoms with van der Waals surface area (Å²) in [5.41, 5.74) is 9.11. The second-order valence-corrected chi connectivity index (χ2v) is 6.30. The predicted octanol–water partition coefficient (Wildman–Crippen LogP) is 3.89. The molecule has 128 valence electrons. The number of rotatable bonds is 6. The molecule has 4 nitrogen and oxygen atoms in total. The Kier molecular flexibility index (Phi) is 5.14. The smallest absolute Gasteiger partial charge is 0.143 e. The fourth-order valence-electron chi connectivity index (χ4n) is 3.02. The van der Waals surface area contributed by atoms with Crippen molar-refractivity contribution in [1.29, 1.82) is 0 Å². The van der Waals surface area contributed by atoms with Gasteiger partial charge in [-0.15, -0.1) is 0 Å². The van der Waals surface area contributed by atoms with Gasteiger partial charge in [-0.1, -0.05) is 19.1 Å². The molecule has 0 amide bonds. The molecule has 0 aliphatic carbocycles. The number of nitrogens with two attached hydrogens (primary N) is 1. The number of hydrogen-bond acceptors (Lipinski definition) is 4. The first-order chi connectivity index (χ1) is 11.7. The third kappa shape index (κ3) is 3.94. The zero-order chi connectivity index (χ0) is 16.9. The molecule has 0 spiro atoms. The monoisotopic (exact) mass is 326 g/mol. The Morgan fingerprint density at radius 1 is 1.21 bits per heavy atom. The lowest BCUT2D eigenvalue weighted by atomic mass is 10.1. The first-order valence-electron chi connectivity index (χ1n) is 8.68. The first-order valence-corrected chi connectivity index (χ1v) is 8.68. The van der Waals surface area contributed by atoms with E-state index >= 15 is 0 Å². The molecule has 3 rings (SSSR count). The van der Waals surface area contributed by atoms with Gasteiger partial charge in [0.15, 0.2) is 0 Å². The second-order valence-electron chi connectivity index (χ2n) is 6.30. The summed E-state index contributed by atoms with van der Waals surface area (Å²) in [6, 6.07) is 14.2. The molecule has 0 saturated heterocycles. The number of aryl methyl sites for hydroxylation is 1. The molecule has 2 aromatic rings. The number of anilines is 2. The maximum absolute atomic E-state index is 5.93. The average Bonchev–Trinajstić information content (AvgIpc) is 2.59. The lowest BCUT2D eigenvalue weighted by Crippen LogP contribution is -2.39. The quantitative estimate of drug-likeness (QED) is 0.646. The molecule has 2 N–H and O–H groups in total. The molecule has 1 heterocycles. The highest BCUT2D eigenvalue weighted by molar-refractivity contribution is 5.66. The number of ether oxygens (including phenoxy) is 2. The van der Waals surface area contributed by atoms with E-state index in [1.54, 1.807) is 0 Å². The Balaban J connectivity index is 1.54. The summed E-state index contributed by atoms with van der Waals surface area (Å²) in [6.45, 7) is 6.76. The Bertz CT molecular complexity index is 670. The van der Waals surface area contributed by atoms with Crippen molar-refractivity contribution in [2.75, 3.05) is 30.3 Å². The molecule has 1 atom stereocenters. The Morgan fingerprint density at radius 3 is 2.75 bits per heavy atom. The summed E-state index contributed by atoms with van der Waals surface area (Å²) in [5, 5.41) is 0. The van der Waals surface area contributed by atoms with Crippen LogP contribution >= 0.6 is 0 Å². The van der Waals surface area contributed by atoms with Crippen molar-refractivity contribution >= 4 is 11.4 Å². The lowest BCUT2D eigenvalue weighted by molar-refractivity contribution is 0.211. The minimum absolute atomic E-state index is 0.184. The van der Waals surface area contributed by atoms with Crippen LogP contribution in [0, 0.1) is 0 Å². The van der Waals surface area contributed by atoms with Crippen molar-refractivity contribution in [1.82, 2.24) is 0 Å². The number of fused-ring (bicyclic) bond motifs is 1. The van der Waals surface area contributed by atoms with Gasteiger partial charge in [-0.25, -0.2) is 0 Å². The number of benzene rings is 2. The highest BCUT2D eigenvalue weighted by Gasteiger charge is 2.22. The van der Waals surface area contributed by atoms with Gasteiger partial charge in [-0.3, -0.25) is 0 Å². The van der Waals surface area contributed by atoms with Gasteiger partial charge in [0.2, 0.25) is 0 Å².